The normalized spacial score (nSPS) is 12.2. The van der Waals surface area contributed by atoms with Crippen molar-refractivity contribution in [2.45, 2.75) is 12.5 Å². The van der Waals surface area contributed by atoms with Gasteiger partial charge in [0.1, 0.15) is 11.6 Å². The molecule has 112 valence electrons. The van der Waals surface area contributed by atoms with Gasteiger partial charge in [-0.2, -0.15) is 0 Å². The van der Waals surface area contributed by atoms with Gasteiger partial charge >= 0.3 is 0 Å². The first-order chi connectivity index (χ1) is 10.0. The average molecular weight is 290 g/mol. The zero-order valence-electron chi connectivity index (χ0n) is 12.5. The molecule has 0 amide bonds. The molecule has 0 aliphatic rings. The molecule has 0 fully saturated rings. The van der Waals surface area contributed by atoms with Crippen molar-refractivity contribution in [3.8, 4) is 0 Å². The molecule has 4 heteroatoms. The molecule has 0 spiro atoms. The summed E-state index contributed by atoms with van der Waals surface area (Å²) in [6.07, 6.45) is 0.404. The number of nitrogens with one attached hydrogen (secondary N) is 1. The quantitative estimate of drug-likeness (QED) is 0.906. The molecule has 0 bridgehead atoms. The van der Waals surface area contributed by atoms with Crippen LogP contribution < -0.4 is 10.2 Å². The first-order valence-corrected chi connectivity index (χ1v) is 6.89. The molecule has 0 saturated carbocycles. The van der Waals surface area contributed by atoms with Crippen LogP contribution in [-0.4, -0.2) is 21.1 Å². The lowest BCUT2D eigenvalue weighted by Gasteiger charge is -2.19. The van der Waals surface area contributed by atoms with Crippen molar-refractivity contribution in [1.82, 2.24) is 5.32 Å². The van der Waals surface area contributed by atoms with Crippen LogP contribution in [0.3, 0.4) is 0 Å². The number of halogens is 2. The topological polar surface area (TPSA) is 15.3 Å². The summed E-state index contributed by atoms with van der Waals surface area (Å²) >= 11 is 0. The summed E-state index contributed by atoms with van der Waals surface area (Å²) in [5, 5.41) is 3.16. The number of benzene rings is 2. The molecule has 1 atom stereocenters. The third-order valence-corrected chi connectivity index (χ3v) is 3.59. The smallest absolute Gasteiger partial charge is 0.126 e. The predicted molar refractivity (Wildman–Crippen MR) is 82.6 cm³/mol. The van der Waals surface area contributed by atoms with E-state index in [4.69, 9.17) is 0 Å². The monoisotopic (exact) mass is 290 g/mol. The number of rotatable bonds is 5. The first kappa shape index (κ1) is 15.4. The van der Waals surface area contributed by atoms with E-state index in [0.717, 1.165) is 17.3 Å². The van der Waals surface area contributed by atoms with Gasteiger partial charge in [-0.25, -0.2) is 8.78 Å². The van der Waals surface area contributed by atoms with Gasteiger partial charge in [-0.3, -0.25) is 0 Å². The third-order valence-electron chi connectivity index (χ3n) is 3.59. The van der Waals surface area contributed by atoms with E-state index in [1.54, 1.807) is 0 Å². The fourth-order valence-electron chi connectivity index (χ4n) is 2.31. The fraction of sp³-hybridized carbons (Fsp3) is 0.294. The molecular weight excluding hydrogens is 270 g/mol. The molecule has 0 heterocycles. The number of likely N-dealkylation sites (N-methyl/N-ethyl adjacent to an activating group) is 1. The van der Waals surface area contributed by atoms with Crippen LogP contribution in [0.25, 0.3) is 0 Å². The molecule has 2 aromatic carbocycles. The Hall–Kier alpha value is -1.94. The van der Waals surface area contributed by atoms with Crippen LogP contribution in [0.15, 0.2) is 42.5 Å². The second kappa shape index (κ2) is 6.68. The lowest BCUT2D eigenvalue weighted by Crippen LogP contribution is -2.19. The number of nitrogens with zero attached hydrogens (tertiary/aromatic N) is 1. The molecule has 0 aliphatic carbocycles. The van der Waals surface area contributed by atoms with Crippen molar-refractivity contribution in [3.05, 3.63) is 65.2 Å². The fourth-order valence-corrected chi connectivity index (χ4v) is 2.31. The zero-order chi connectivity index (χ0) is 15.4. The Labute approximate surface area is 124 Å². The summed E-state index contributed by atoms with van der Waals surface area (Å²) in [6.45, 7) is 0. The van der Waals surface area contributed by atoms with Gasteiger partial charge in [0.2, 0.25) is 0 Å². The standard InChI is InChI=1S/C17H20F2N2/c1-20-17(11-13-10-14(18)6-9-16(13)19)12-4-7-15(8-5-12)21(2)3/h4-10,17,20H,11H2,1-3H3. The highest BCUT2D eigenvalue weighted by Crippen LogP contribution is 2.22. The van der Waals surface area contributed by atoms with E-state index in [1.807, 2.05) is 50.3 Å². The summed E-state index contributed by atoms with van der Waals surface area (Å²) in [4.78, 5) is 2.02. The van der Waals surface area contributed by atoms with E-state index in [2.05, 4.69) is 5.32 Å². The molecule has 1 unspecified atom stereocenters. The molecule has 0 aromatic heterocycles. The lowest BCUT2D eigenvalue weighted by atomic mass is 9.98. The summed E-state index contributed by atoms with van der Waals surface area (Å²) in [7, 11) is 5.78. The summed E-state index contributed by atoms with van der Waals surface area (Å²) < 4.78 is 27.0. The van der Waals surface area contributed by atoms with Crippen LogP contribution in [0.4, 0.5) is 14.5 Å². The van der Waals surface area contributed by atoms with Gasteiger partial charge in [0.25, 0.3) is 0 Å². The second-order valence-corrected chi connectivity index (χ2v) is 5.27. The minimum absolute atomic E-state index is 0.0579. The lowest BCUT2D eigenvalue weighted by molar-refractivity contribution is 0.544. The highest BCUT2D eigenvalue weighted by molar-refractivity contribution is 5.46. The minimum Gasteiger partial charge on any atom is -0.378 e. The van der Waals surface area contributed by atoms with E-state index in [0.29, 0.717) is 12.0 Å². The largest absolute Gasteiger partial charge is 0.378 e. The van der Waals surface area contributed by atoms with Crippen LogP contribution in [0.1, 0.15) is 17.2 Å². The van der Waals surface area contributed by atoms with E-state index in [9.17, 15) is 8.78 Å². The first-order valence-electron chi connectivity index (χ1n) is 6.89. The van der Waals surface area contributed by atoms with Crippen molar-refractivity contribution in [1.29, 1.82) is 0 Å². The Balaban J connectivity index is 2.21. The molecule has 2 rings (SSSR count). The maximum atomic E-state index is 13.8. The van der Waals surface area contributed by atoms with Crippen LogP contribution in [0.5, 0.6) is 0 Å². The van der Waals surface area contributed by atoms with Gasteiger partial charge < -0.3 is 10.2 Å². The average Bonchev–Trinajstić information content (AvgIpc) is 2.48. The van der Waals surface area contributed by atoms with Gasteiger partial charge in [0, 0.05) is 25.8 Å². The second-order valence-electron chi connectivity index (χ2n) is 5.27. The molecule has 1 N–H and O–H groups in total. The Morgan fingerprint density at radius 3 is 2.29 bits per heavy atom. The highest BCUT2D eigenvalue weighted by atomic mass is 19.1. The summed E-state index contributed by atoms with van der Waals surface area (Å²) in [6, 6.07) is 11.6. The summed E-state index contributed by atoms with van der Waals surface area (Å²) in [5.41, 5.74) is 2.53. The Morgan fingerprint density at radius 1 is 1.05 bits per heavy atom. The number of hydrogen-bond acceptors (Lipinski definition) is 2. The number of anilines is 1. The Morgan fingerprint density at radius 2 is 1.71 bits per heavy atom. The minimum atomic E-state index is -0.413. The third kappa shape index (κ3) is 3.79. The maximum absolute atomic E-state index is 13.8. The van der Waals surface area contributed by atoms with Crippen molar-refractivity contribution in [2.75, 3.05) is 26.0 Å². The molecule has 21 heavy (non-hydrogen) atoms. The predicted octanol–water partition coefficient (Wildman–Crippen LogP) is 3.53. The van der Waals surface area contributed by atoms with E-state index < -0.39 is 5.82 Å². The van der Waals surface area contributed by atoms with Crippen LogP contribution in [0.2, 0.25) is 0 Å². The SMILES string of the molecule is CNC(Cc1cc(F)ccc1F)c1ccc(N(C)C)cc1. The molecule has 2 aromatic rings. The maximum Gasteiger partial charge on any atom is 0.126 e. The van der Waals surface area contributed by atoms with E-state index in [1.165, 1.54) is 12.1 Å². The van der Waals surface area contributed by atoms with Crippen molar-refractivity contribution in [3.63, 3.8) is 0 Å². The van der Waals surface area contributed by atoms with E-state index in [-0.39, 0.29) is 11.9 Å². The molecule has 0 aliphatic heterocycles. The Bertz CT molecular complexity index is 594. The molecule has 2 nitrogen and oxygen atoms in total. The van der Waals surface area contributed by atoms with Crippen molar-refractivity contribution >= 4 is 5.69 Å². The van der Waals surface area contributed by atoms with Crippen molar-refractivity contribution < 1.29 is 8.78 Å². The molecule has 0 radical (unpaired) electrons. The zero-order valence-corrected chi connectivity index (χ0v) is 12.5. The van der Waals surface area contributed by atoms with Gasteiger partial charge in [-0.15, -0.1) is 0 Å². The van der Waals surface area contributed by atoms with Gasteiger partial charge in [0.15, 0.2) is 0 Å². The molecular formula is C17H20F2N2. The van der Waals surface area contributed by atoms with E-state index >= 15 is 0 Å². The van der Waals surface area contributed by atoms with Crippen LogP contribution >= 0.6 is 0 Å². The van der Waals surface area contributed by atoms with Gasteiger partial charge in [0.05, 0.1) is 0 Å². The summed E-state index contributed by atoms with van der Waals surface area (Å²) in [5.74, 6) is -0.786. The van der Waals surface area contributed by atoms with Gasteiger partial charge in [-0.05, 0) is 54.9 Å². The Kier molecular flexibility index (Phi) is 4.91. The van der Waals surface area contributed by atoms with Crippen molar-refractivity contribution in [2.24, 2.45) is 0 Å². The highest BCUT2D eigenvalue weighted by Gasteiger charge is 2.13. The van der Waals surface area contributed by atoms with Gasteiger partial charge in [-0.1, -0.05) is 12.1 Å². The van der Waals surface area contributed by atoms with Crippen LogP contribution in [0, 0.1) is 11.6 Å². The number of hydrogen-bond donors (Lipinski definition) is 1. The van der Waals surface area contributed by atoms with Crippen LogP contribution in [-0.2, 0) is 6.42 Å². The molecule has 0 saturated heterocycles.